The number of imide groups is 1. The van der Waals surface area contributed by atoms with E-state index in [1.165, 1.54) is 12.1 Å². The summed E-state index contributed by atoms with van der Waals surface area (Å²) in [7, 11) is 0. The van der Waals surface area contributed by atoms with E-state index in [2.05, 4.69) is 4.98 Å². The minimum Gasteiger partial charge on any atom is -0.356 e. The molecule has 0 bridgehead atoms. The number of hydroxylamine groups is 2. The fourth-order valence-corrected chi connectivity index (χ4v) is 3.81. The molecule has 1 fully saturated rings. The van der Waals surface area contributed by atoms with E-state index in [1.54, 1.807) is 18.2 Å². The molecule has 2 aliphatic rings. The minimum absolute atomic E-state index is 0.224. The molecule has 1 saturated heterocycles. The van der Waals surface area contributed by atoms with Gasteiger partial charge in [-0.15, -0.1) is 0 Å². The monoisotopic (exact) mass is 387 g/mol. The summed E-state index contributed by atoms with van der Waals surface area (Å²) in [4.78, 5) is 50.1. The zero-order valence-corrected chi connectivity index (χ0v) is 15.5. The summed E-state index contributed by atoms with van der Waals surface area (Å²) in [5.74, 6) is -1.55. The van der Waals surface area contributed by atoms with E-state index in [4.69, 9.17) is 4.84 Å². The molecule has 1 aromatic heterocycles. The number of fused-ring (bicyclic) bond motifs is 2. The van der Waals surface area contributed by atoms with Gasteiger partial charge in [0.15, 0.2) is 0 Å². The van der Waals surface area contributed by atoms with Crippen LogP contribution in [0.5, 0.6) is 0 Å². The number of hydrogen-bond donors (Lipinski definition) is 0. The second kappa shape index (κ2) is 6.70. The lowest BCUT2D eigenvalue weighted by Gasteiger charge is -2.21. The molecule has 0 atom stereocenters. The van der Waals surface area contributed by atoms with Crippen LogP contribution in [0.15, 0.2) is 54.6 Å². The smallest absolute Gasteiger partial charge is 0.356 e. The van der Waals surface area contributed by atoms with Gasteiger partial charge in [0.25, 0.3) is 11.8 Å². The molecule has 7 nitrogen and oxygen atoms in total. The Morgan fingerprint density at radius 2 is 1.52 bits per heavy atom. The molecule has 5 rings (SSSR count). The molecule has 3 heterocycles. The number of rotatable bonds is 3. The molecule has 29 heavy (non-hydrogen) atoms. The molecule has 0 N–H and O–H groups in total. The van der Waals surface area contributed by atoms with Gasteiger partial charge in [-0.05, 0) is 37.1 Å². The maximum atomic E-state index is 13.0. The average Bonchev–Trinajstić information content (AvgIpc) is 3.37. The Bertz CT molecular complexity index is 1130. The summed E-state index contributed by atoms with van der Waals surface area (Å²) in [6, 6.07) is 15.6. The van der Waals surface area contributed by atoms with E-state index < -0.39 is 17.8 Å². The SMILES string of the molecule is O=C(ON1C(=O)c2ccccc2C1=O)c1cc2ccccc2nc1N1CCCC1. The van der Waals surface area contributed by atoms with Crippen molar-refractivity contribution in [2.75, 3.05) is 18.0 Å². The van der Waals surface area contributed by atoms with Crippen LogP contribution in [-0.4, -0.2) is 40.9 Å². The standard InChI is InChI=1S/C22H17N3O4/c26-20-15-8-2-3-9-16(15)21(27)25(20)29-22(28)17-13-14-7-1-4-10-18(14)23-19(17)24-11-5-6-12-24/h1-4,7-10,13H,5-6,11-12H2. The third-order valence-electron chi connectivity index (χ3n) is 5.26. The molecule has 7 heteroatoms. The van der Waals surface area contributed by atoms with Crippen LogP contribution in [0.4, 0.5) is 5.82 Å². The normalized spacial score (nSPS) is 15.9. The van der Waals surface area contributed by atoms with Crippen molar-refractivity contribution in [3.63, 3.8) is 0 Å². The van der Waals surface area contributed by atoms with Crippen molar-refractivity contribution in [2.45, 2.75) is 12.8 Å². The van der Waals surface area contributed by atoms with Gasteiger partial charge in [0.1, 0.15) is 11.4 Å². The van der Waals surface area contributed by atoms with Crippen LogP contribution in [0, 0.1) is 0 Å². The lowest BCUT2D eigenvalue weighted by Crippen LogP contribution is -2.33. The zero-order chi connectivity index (χ0) is 20.0. The second-order valence-corrected chi connectivity index (χ2v) is 7.08. The summed E-state index contributed by atoms with van der Waals surface area (Å²) in [6.45, 7) is 1.58. The van der Waals surface area contributed by atoms with Gasteiger partial charge in [0.05, 0.1) is 16.6 Å². The number of anilines is 1. The van der Waals surface area contributed by atoms with Crippen molar-refractivity contribution in [2.24, 2.45) is 0 Å². The van der Waals surface area contributed by atoms with Crippen LogP contribution in [0.1, 0.15) is 43.9 Å². The zero-order valence-electron chi connectivity index (χ0n) is 15.5. The van der Waals surface area contributed by atoms with Gasteiger partial charge in [-0.3, -0.25) is 9.59 Å². The summed E-state index contributed by atoms with van der Waals surface area (Å²) < 4.78 is 0. The molecule has 0 aliphatic carbocycles. The number of para-hydroxylation sites is 1. The Balaban J connectivity index is 1.52. The van der Waals surface area contributed by atoms with Crippen molar-refractivity contribution >= 4 is 34.5 Å². The Morgan fingerprint density at radius 1 is 0.897 bits per heavy atom. The largest absolute Gasteiger partial charge is 0.367 e. The van der Waals surface area contributed by atoms with Gasteiger partial charge >= 0.3 is 5.97 Å². The highest BCUT2D eigenvalue weighted by molar-refractivity contribution is 6.21. The fourth-order valence-electron chi connectivity index (χ4n) is 3.81. The highest BCUT2D eigenvalue weighted by atomic mass is 16.7. The van der Waals surface area contributed by atoms with Crippen LogP contribution < -0.4 is 4.90 Å². The van der Waals surface area contributed by atoms with Gasteiger partial charge in [0, 0.05) is 18.5 Å². The number of benzene rings is 2. The third kappa shape index (κ3) is 2.82. The first-order valence-electron chi connectivity index (χ1n) is 9.48. The van der Waals surface area contributed by atoms with Gasteiger partial charge in [-0.1, -0.05) is 35.4 Å². The highest BCUT2D eigenvalue weighted by Gasteiger charge is 2.39. The van der Waals surface area contributed by atoms with Crippen molar-refractivity contribution in [1.29, 1.82) is 0 Å². The van der Waals surface area contributed by atoms with Crippen molar-refractivity contribution < 1.29 is 19.2 Å². The summed E-state index contributed by atoms with van der Waals surface area (Å²) in [6.07, 6.45) is 2.03. The van der Waals surface area contributed by atoms with Crippen LogP contribution in [0.2, 0.25) is 0 Å². The molecule has 144 valence electrons. The first kappa shape index (κ1) is 17.4. The maximum Gasteiger partial charge on any atom is 0.367 e. The van der Waals surface area contributed by atoms with Crippen molar-refractivity contribution in [1.82, 2.24) is 10.0 Å². The minimum atomic E-state index is -0.778. The predicted octanol–water partition coefficient (Wildman–Crippen LogP) is 3.20. The molecular weight excluding hydrogens is 370 g/mol. The molecule has 0 saturated carbocycles. The van der Waals surface area contributed by atoms with E-state index in [-0.39, 0.29) is 16.7 Å². The molecular formula is C22H17N3O4. The number of carbonyl (C=O) groups is 3. The number of pyridine rings is 1. The Labute approximate surface area is 166 Å². The van der Waals surface area contributed by atoms with Crippen LogP contribution in [0.3, 0.4) is 0 Å². The lowest BCUT2D eigenvalue weighted by atomic mass is 10.1. The first-order valence-corrected chi connectivity index (χ1v) is 9.48. The van der Waals surface area contributed by atoms with Crippen LogP contribution in [0.25, 0.3) is 10.9 Å². The molecule has 2 aliphatic heterocycles. The fraction of sp³-hybridized carbons (Fsp3) is 0.182. The maximum absolute atomic E-state index is 13.0. The molecule has 0 unspecified atom stereocenters. The van der Waals surface area contributed by atoms with E-state index in [1.807, 2.05) is 29.2 Å². The quantitative estimate of drug-likeness (QED) is 0.642. The molecule has 2 aromatic carbocycles. The van der Waals surface area contributed by atoms with Gasteiger partial charge in [-0.2, -0.15) is 0 Å². The predicted molar refractivity (Wildman–Crippen MR) is 106 cm³/mol. The number of hydrogen-bond acceptors (Lipinski definition) is 6. The molecule has 0 radical (unpaired) electrons. The van der Waals surface area contributed by atoms with Gasteiger partial charge in [0.2, 0.25) is 0 Å². The highest BCUT2D eigenvalue weighted by Crippen LogP contribution is 2.29. The van der Waals surface area contributed by atoms with Crippen molar-refractivity contribution in [3.05, 3.63) is 71.3 Å². The van der Waals surface area contributed by atoms with E-state index in [9.17, 15) is 14.4 Å². The van der Waals surface area contributed by atoms with Crippen molar-refractivity contribution in [3.8, 4) is 0 Å². The van der Waals surface area contributed by atoms with E-state index in [0.717, 1.165) is 36.8 Å². The Hall–Kier alpha value is -3.74. The number of carbonyl (C=O) groups excluding carboxylic acids is 3. The summed E-state index contributed by atoms with van der Waals surface area (Å²) in [5, 5.41) is 1.32. The lowest BCUT2D eigenvalue weighted by molar-refractivity contribution is -0.0584. The second-order valence-electron chi connectivity index (χ2n) is 7.08. The summed E-state index contributed by atoms with van der Waals surface area (Å²) >= 11 is 0. The number of nitrogens with zero attached hydrogens (tertiary/aromatic N) is 3. The van der Waals surface area contributed by atoms with Gasteiger partial charge < -0.3 is 9.74 Å². The first-order chi connectivity index (χ1) is 14.1. The third-order valence-corrected chi connectivity index (χ3v) is 5.26. The molecule has 3 aromatic rings. The van der Waals surface area contributed by atoms with Gasteiger partial charge in [-0.25, -0.2) is 9.78 Å². The number of aromatic nitrogens is 1. The van der Waals surface area contributed by atoms with Crippen LogP contribution >= 0.6 is 0 Å². The average molecular weight is 387 g/mol. The Kier molecular flexibility index (Phi) is 4.01. The Morgan fingerprint density at radius 3 is 2.21 bits per heavy atom. The molecule has 0 spiro atoms. The molecule has 2 amide bonds. The van der Waals surface area contributed by atoms with E-state index >= 15 is 0 Å². The van der Waals surface area contributed by atoms with E-state index in [0.29, 0.717) is 10.9 Å². The topological polar surface area (TPSA) is 79.8 Å². The summed E-state index contributed by atoms with van der Waals surface area (Å²) in [5.41, 5.74) is 1.46. The number of amides is 2. The van der Waals surface area contributed by atoms with Crippen LogP contribution in [-0.2, 0) is 4.84 Å².